The number of nitrogens with two attached hydrogens (primary N) is 1. The molecular formula is C15H20N2O2S. The first-order valence-electron chi connectivity index (χ1n) is 6.86. The topological polar surface area (TPSA) is 55.6 Å². The van der Waals surface area contributed by atoms with Gasteiger partial charge in [-0.25, -0.2) is 0 Å². The molecule has 1 saturated heterocycles. The van der Waals surface area contributed by atoms with E-state index in [2.05, 4.69) is 0 Å². The lowest BCUT2D eigenvalue weighted by atomic mass is 10.0. The van der Waals surface area contributed by atoms with Crippen LogP contribution in [0, 0.1) is 5.92 Å². The van der Waals surface area contributed by atoms with E-state index in [1.165, 1.54) is 0 Å². The first-order valence-corrected chi connectivity index (χ1v) is 7.26. The number of nitrogens with zero attached hydrogens (tertiary/aromatic N) is 1. The second-order valence-corrected chi connectivity index (χ2v) is 5.54. The van der Waals surface area contributed by atoms with Gasteiger partial charge in [0.25, 0.3) is 0 Å². The molecule has 4 nitrogen and oxygen atoms in total. The Balaban J connectivity index is 2.17. The van der Waals surface area contributed by atoms with Gasteiger partial charge in [0.2, 0.25) is 5.91 Å². The van der Waals surface area contributed by atoms with Crippen molar-refractivity contribution in [2.75, 3.05) is 18.1 Å². The third kappa shape index (κ3) is 3.55. The van der Waals surface area contributed by atoms with Crippen LogP contribution in [0.3, 0.4) is 0 Å². The number of amides is 1. The van der Waals surface area contributed by atoms with Crippen LogP contribution in [0.15, 0.2) is 30.3 Å². The molecule has 2 atom stereocenters. The number of hydrogen-bond acceptors (Lipinski definition) is 3. The van der Waals surface area contributed by atoms with Gasteiger partial charge in [0.05, 0.1) is 17.0 Å². The maximum atomic E-state index is 12.7. The molecule has 0 saturated carbocycles. The van der Waals surface area contributed by atoms with E-state index in [0.717, 1.165) is 12.1 Å². The molecule has 0 aromatic heterocycles. The number of thiocarbonyl (C=S) groups is 1. The largest absolute Gasteiger partial charge is 0.393 e. The fraction of sp³-hybridized carbons (Fsp3) is 0.467. The second-order valence-electron chi connectivity index (χ2n) is 5.01. The lowest BCUT2D eigenvalue weighted by Gasteiger charge is -2.26. The Labute approximate surface area is 124 Å². The predicted octanol–water partition coefficient (Wildman–Crippen LogP) is 2.12. The van der Waals surface area contributed by atoms with Crippen LogP contribution in [0.1, 0.15) is 19.8 Å². The molecule has 1 aromatic carbocycles. The summed E-state index contributed by atoms with van der Waals surface area (Å²) in [5, 5.41) is 0. The van der Waals surface area contributed by atoms with Gasteiger partial charge in [-0.2, -0.15) is 0 Å². The fourth-order valence-electron chi connectivity index (χ4n) is 2.45. The van der Waals surface area contributed by atoms with Crippen LogP contribution in [-0.2, 0) is 9.53 Å². The van der Waals surface area contributed by atoms with E-state index in [1.807, 2.05) is 37.3 Å². The minimum atomic E-state index is -0.0819. The molecule has 1 aliphatic heterocycles. The minimum Gasteiger partial charge on any atom is -0.393 e. The van der Waals surface area contributed by atoms with Crippen molar-refractivity contribution < 1.29 is 9.53 Å². The summed E-state index contributed by atoms with van der Waals surface area (Å²) in [6.45, 7) is 3.11. The SMILES string of the molecule is CC1OCCC1C(=O)N(CCC(N)=S)c1ccccc1. The van der Waals surface area contributed by atoms with Crippen LogP contribution < -0.4 is 10.6 Å². The van der Waals surface area contributed by atoms with E-state index >= 15 is 0 Å². The normalized spacial score (nSPS) is 21.6. The monoisotopic (exact) mass is 292 g/mol. The average Bonchev–Trinajstić information content (AvgIpc) is 2.86. The Morgan fingerprint density at radius 3 is 2.70 bits per heavy atom. The molecule has 2 unspecified atom stereocenters. The van der Waals surface area contributed by atoms with Crippen LogP contribution >= 0.6 is 12.2 Å². The summed E-state index contributed by atoms with van der Waals surface area (Å²) < 4.78 is 5.50. The fourth-order valence-corrected chi connectivity index (χ4v) is 2.54. The molecule has 0 aliphatic carbocycles. The average molecular weight is 292 g/mol. The van der Waals surface area contributed by atoms with Crippen molar-refractivity contribution in [3.63, 3.8) is 0 Å². The number of carbonyl (C=O) groups is 1. The highest BCUT2D eigenvalue weighted by Gasteiger charge is 2.34. The molecule has 1 aliphatic rings. The van der Waals surface area contributed by atoms with E-state index in [1.54, 1.807) is 4.90 Å². The van der Waals surface area contributed by atoms with Gasteiger partial charge in [0.15, 0.2) is 0 Å². The summed E-state index contributed by atoms with van der Waals surface area (Å²) in [5.74, 6) is 0.0130. The van der Waals surface area contributed by atoms with Gasteiger partial charge < -0.3 is 15.4 Å². The Morgan fingerprint density at radius 1 is 1.45 bits per heavy atom. The molecule has 2 N–H and O–H groups in total. The van der Waals surface area contributed by atoms with Gasteiger partial charge in [-0.1, -0.05) is 30.4 Å². The third-order valence-electron chi connectivity index (χ3n) is 3.61. The van der Waals surface area contributed by atoms with Crippen LogP contribution in [0.5, 0.6) is 0 Å². The number of hydrogen-bond donors (Lipinski definition) is 1. The lowest BCUT2D eigenvalue weighted by Crippen LogP contribution is -2.40. The number of ether oxygens (including phenoxy) is 1. The van der Waals surface area contributed by atoms with Gasteiger partial charge in [-0.15, -0.1) is 0 Å². The number of rotatable bonds is 5. The van der Waals surface area contributed by atoms with Crippen molar-refractivity contribution in [3.05, 3.63) is 30.3 Å². The highest BCUT2D eigenvalue weighted by Crippen LogP contribution is 2.25. The Hall–Kier alpha value is -1.46. The maximum absolute atomic E-state index is 12.7. The number of carbonyl (C=O) groups excluding carboxylic acids is 1. The highest BCUT2D eigenvalue weighted by molar-refractivity contribution is 7.80. The molecule has 0 spiro atoms. The van der Waals surface area contributed by atoms with E-state index in [-0.39, 0.29) is 17.9 Å². The molecule has 1 aromatic rings. The predicted molar refractivity (Wildman–Crippen MR) is 83.7 cm³/mol. The lowest BCUT2D eigenvalue weighted by molar-refractivity contribution is -0.123. The zero-order valence-corrected chi connectivity index (χ0v) is 12.4. The van der Waals surface area contributed by atoms with Crippen molar-refractivity contribution in [2.45, 2.75) is 25.9 Å². The van der Waals surface area contributed by atoms with Crippen molar-refractivity contribution in [2.24, 2.45) is 11.7 Å². The van der Waals surface area contributed by atoms with Crippen LogP contribution in [-0.4, -0.2) is 30.2 Å². The Kier molecular flexibility index (Phi) is 5.09. The van der Waals surface area contributed by atoms with Crippen LogP contribution in [0.4, 0.5) is 5.69 Å². The molecule has 0 bridgehead atoms. The summed E-state index contributed by atoms with van der Waals surface area (Å²) in [4.78, 5) is 14.9. The molecule has 0 radical (unpaired) electrons. The quantitative estimate of drug-likeness (QED) is 0.845. The molecule has 5 heteroatoms. The minimum absolute atomic E-state index is 0.0291. The van der Waals surface area contributed by atoms with Crippen molar-refractivity contribution in [1.29, 1.82) is 0 Å². The second kappa shape index (κ2) is 6.81. The highest BCUT2D eigenvalue weighted by atomic mass is 32.1. The van der Waals surface area contributed by atoms with Crippen molar-refractivity contribution in [1.82, 2.24) is 0 Å². The molecule has 1 heterocycles. The third-order valence-corrected chi connectivity index (χ3v) is 3.81. The molecular weight excluding hydrogens is 272 g/mol. The van der Waals surface area contributed by atoms with Gasteiger partial charge >= 0.3 is 0 Å². The molecule has 2 rings (SSSR count). The van der Waals surface area contributed by atoms with Crippen LogP contribution in [0.25, 0.3) is 0 Å². The smallest absolute Gasteiger partial charge is 0.232 e. The van der Waals surface area contributed by atoms with Gasteiger partial charge in [0.1, 0.15) is 0 Å². The molecule has 108 valence electrons. The maximum Gasteiger partial charge on any atom is 0.232 e. The zero-order valence-electron chi connectivity index (χ0n) is 11.6. The zero-order chi connectivity index (χ0) is 14.5. The van der Waals surface area contributed by atoms with Crippen LogP contribution in [0.2, 0.25) is 0 Å². The van der Waals surface area contributed by atoms with E-state index in [4.69, 9.17) is 22.7 Å². The Morgan fingerprint density at radius 2 is 2.15 bits per heavy atom. The molecule has 20 heavy (non-hydrogen) atoms. The van der Waals surface area contributed by atoms with E-state index < -0.39 is 0 Å². The number of para-hydroxylation sites is 1. The summed E-state index contributed by atoms with van der Waals surface area (Å²) in [6, 6.07) is 9.63. The van der Waals surface area contributed by atoms with Crippen molar-refractivity contribution >= 4 is 28.8 Å². The molecule has 1 amide bonds. The molecule has 1 fully saturated rings. The summed E-state index contributed by atoms with van der Waals surface area (Å²) >= 11 is 4.92. The number of benzene rings is 1. The summed E-state index contributed by atoms with van der Waals surface area (Å²) in [6.07, 6.45) is 1.27. The van der Waals surface area contributed by atoms with E-state index in [0.29, 0.717) is 24.6 Å². The van der Waals surface area contributed by atoms with Crippen molar-refractivity contribution in [3.8, 4) is 0 Å². The summed E-state index contributed by atoms with van der Waals surface area (Å²) in [5.41, 5.74) is 6.45. The van der Waals surface area contributed by atoms with Gasteiger partial charge in [0, 0.05) is 25.3 Å². The Bertz CT molecular complexity index is 478. The van der Waals surface area contributed by atoms with E-state index in [9.17, 15) is 4.79 Å². The van der Waals surface area contributed by atoms with Gasteiger partial charge in [-0.3, -0.25) is 4.79 Å². The first kappa shape index (κ1) is 14.9. The summed E-state index contributed by atoms with van der Waals surface area (Å²) in [7, 11) is 0. The van der Waals surface area contributed by atoms with Gasteiger partial charge in [-0.05, 0) is 25.5 Å². The standard InChI is InChI=1S/C15H20N2O2S/c1-11-13(8-10-19-11)15(18)17(9-7-14(16)20)12-5-3-2-4-6-12/h2-6,11,13H,7-10H2,1H3,(H2,16,20). The number of anilines is 1. The first-order chi connectivity index (χ1) is 9.59.